The van der Waals surface area contributed by atoms with Gasteiger partial charge in [0.15, 0.2) is 0 Å². The van der Waals surface area contributed by atoms with Crippen molar-refractivity contribution in [1.29, 1.82) is 5.26 Å². The summed E-state index contributed by atoms with van der Waals surface area (Å²) in [5.74, 6) is 1.92. The fraction of sp³-hybridized carbons (Fsp3) is 0.875. The summed E-state index contributed by atoms with van der Waals surface area (Å²) in [6, 6.07) is 2.38. The number of fused-ring (bicyclic) bond motifs is 1. The third-order valence-electron chi connectivity index (χ3n) is 2.79. The van der Waals surface area contributed by atoms with Crippen molar-refractivity contribution in [2.24, 2.45) is 17.8 Å². The van der Waals surface area contributed by atoms with E-state index in [4.69, 9.17) is 5.26 Å². The first kappa shape index (κ1) is 6.18. The van der Waals surface area contributed by atoms with Crippen molar-refractivity contribution in [1.82, 2.24) is 5.32 Å². The SMILES string of the molecule is N#CC1C2CCNCCC12. The lowest BCUT2D eigenvalue weighted by molar-refractivity contribution is 0.624. The lowest BCUT2D eigenvalue weighted by Gasteiger charge is -1.97. The number of hydrogen-bond acceptors (Lipinski definition) is 2. The number of nitrogens with zero attached hydrogens (tertiary/aromatic N) is 1. The molecule has 1 aliphatic heterocycles. The fourth-order valence-corrected chi connectivity index (χ4v) is 2.09. The van der Waals surface area contributed by atoms with E-state index >= 15 is 0 Å². The Hall–Kier alpha value is -0.550. The Morgan fingerprint density at radius 1 is 1.20 bits per heavy atom. The second kappa shape index (κ2) is 2.25. The molecule has 10 heavy (non-hydrogen) atoms. The Morgan fingerprint density at radius 3 is 2.30 bits per heavy atom. The molecule has 1 aliphatic carbocycles. The van der Waals surface area contributed by atoms with Crippen molar-refractivity contribution >= 4 is 0 Å². The zero-order valence-electron chi connectivity index (χ0n) is 6.01. The third kappa shape index (κ3) is 0.819. The van der Waals surface area contributed by atoms with Crippen LogP contribution in [0.15, 0.2) is 0 Å². The molecule has 0 aromatic heterocycles. The summed E-state index contributed by atoms with van der Waals surface area (Å²) in [4.78, 5) is 0. The van der Waals surface area contributed by atoms with E-state index in [2.05, 4.69) is 11.4 Å². The molecule has 1 saturated heterocycles. The first-order chi connectivity index (χ1) is 4.93. The topological polar surface area (TPSA) is 35.8 Å². The molecule has 2 atom stereocenters. The Morgan fingerprint density at radius 2 is 1.80 bits per heavy atom. The van der Waals surface area contributed by atoms with E-state index in [1.165, 1.54) is 12.8 Å². The molecular formula is C8H12N2. The molecule has 1 saturated carbocycles. The molecule has 2 heteroatoms. The van der Waals surface area contributed by atoms with E-state index in [0.717, 1.165) is 24.9 Å². The maximum Gasteiger partial charge on any atom is 0.0661 e. The van der Waals surface area contributed by atoms with Gasteiger partial charge in [0.05, 0.1) is 12.0 Å². The summed E-state index contributed by atoms with van der Waals surface area (Å²) in [6.45, 7) is 2.25. The third-order valence-corrected chi connectivity index (χ3v) is 2.79. The molecule has 2 nitrogen and oxygen atoms in total. The van der Waals surface area contributed by atoms with Crippen LogP contribution in [0.4, 0.5) is 0 Å². The first-order valence-corrected chi connectivity index (χ1v) is 4.04. The summed E-state index contributed by atoms with van der Waals surface area (Å²) in [6.07, 6.45) is 2.45. The van der Waals surface area contributed by atoms with Gasteiger partial charge >= 0.3 is 0 Å². The van der Waals surface area contributed by atoms with Gasteiger partial charge in [0.25, 0.3) is 0 Å². The van der Waals surface area contributed by atoms with Gasteiger partial charge in [-0.1, -0.05) is 0 Å². The average Bonchev–Trinajstić information content (AvgIpc) is 2.59. The first-order valence-electron chi connectivity index (χ1n) is 4.04. The highest BCUT2D eigenvalue weighted by Crippen LogP contribution is 2.50. The fourth-order valence-electron chi connectivity index (χ4n) is 2.09. The maximum absolute atomic E-state index is 8.66. The molecule has 54 valence electrons. The Bertz CT molecular complexity index is 159. The summed E-state index contributed by atoms with van der Waals surface area (Å²) in [5.41, 5.74) is 0. The van der Waals surface area contributed by atoms with E-state index in [0.29, 0.717) is 5.92 Å². The lowest BCUT2D eigenvalue weighted by atomic mass is 10.2. The minimum Gasteiger partial charge on any atom is -0.317 e. The second-order valence-corrected chi connectivity index (χ2v) is 3.31. The van der Waals surface area contributed by atoms with Crippen LogP contribution >= 0.6 is 0 Å². The van der Waals surface area contributed by atoms with Gasteiger partial charge in [-0.05, 0) is 37.8 Å². The predicted octanol–water partition coefficient (Wildman–Crippen LogP) is 0.756. The van der Waals surface area contributed by atoms with Gasteiger partial charge in [-0.25, -0.2) is 0 Å². The molecule has 2 unspecified atom stereocenters. The highest BCUT2D eigenvalue weighted by atomic mass is 14.9. The van der Waals surface area contributed by atoms with Crippen LogP contribution in [0.5, 0.6) is 0 Å². The van der Waals surface area contributed by atoms with Crippen molar-refractivity contribution in [3.63, 3.8) is 0 Å². The van der Waals surface area contributed by atoms with Gasteiger partial charge < -0.3 is 5.32 Å². The quantitative estimate of drug-likeness (QED) is 0.533. The normalized spacial score (nSPS) is 44.9. The number of hydrogen-bond donors (Lipinski definition) is 1. The van der Waals surface area contributed by atoms with Crippen molar-refractivity contribution in [3.8, 4) is 6.07 Å². The summed E-state index contributed by atoms with van der Waals surface area (Å²) >= 11 is 0. The molecule has 2 rings (SSSR count). The van der Waals surface area contributed by atoms with Crippen LogP contribution in [-0.4, -0.2) is 13.1 Å². The highest BCUT2D eigenvalue weighted by Gasteiger charge is 2.49. The molecule has 0 radical (unpaired) electrons. The Labute approximate surface area is 61.2 Å². The maximum atomic E-state index is 8.66. The van der Waals surface area contributed by atoms with Crippen molar-refractivity contribution in [3.05, 3.63) is 0 Å². The van der Waals surface area contributed by atoms with Crippen molar-refractivity contribution < 1.29 is 0 Å². The van der Waals surface area contributed by atoms with Gasteiger partial charge in [0.1, 0.15) is 0 Å². The molecule has 0 spiro atoms. The van der Waals surface area contributed by atoms with E-state index in [1.807, 2.05) is 0 Å². The van der Waals surface area contributed by atoms with Gasteiger partial charge in [0, 0.05) is 0 Å². The molecule has 0 aromatic carbocycles. The number of nitriles is 1. The largest absolute Gasteiger partial charge is 0.317 e. The molecule has 1 heterocycles. The monoisotopic (exact) mass is 136 g/mol. The van der Waals surface area contributed by atoms with Crippen LogP contribution in [0.3, 0.4) is 0 Å². The van der Waals surface area contributed by atoms with Crippen LogP contribution in [0, 0.1) is 29.1 Å². The van der Waals surface area contributed by atoms with E-state index in [1.54, 1.807) is 0 Å². The van der Waals surface area contributed by atoms with E-state index in [9.17, 15) is 0 Å². The Balaban J connectivity index is 1.96. The molecule has 2 aliphatic rings. The van der Waals surface area contributed by atoms with Gasteiger partial charge in [-0.3, -0.25) is 0 Å². The summed E-state index contributed by atoms with van der Waals surface area (Å²) in [5, 5.41) is 12.0. The van der Waals surface area contributed by atoms with Crippen LogP contribution < -0.4 is 5.32 Å². The van der Waals surface area contributed by atoms with Crippen LogP contribution in [0.25, 0.3) is 0 Å². The summed E-state index contributed by atoms with van der Waals surface area (Å²) in [7, 11) is 0. The second-order valence-electron chi connectivity index (χ2n) is 3.31. The molecule has 1 N–H and O–H groups in total. The zero-order valence-corrected chi connectivity index (χ0v) is 6.01. The van der Waals surface area contributed by atoms with Gasteiger partial charge in [-0.15, -0.1) is 0 Å². The van der Waals surface area contributed by atoms with Gasteiger partial charge in [-0.2, -0.15) is 5.26 Å². The molecule has 2 fully saturated rings. The average molecular weight is 136 g/mol. The lowest BCUT2D eigenvalue weighted by Crippen LogP contribution is -2.15. The highest BCUT2D eigenvalue weighted by molar-refractivity contribution is 5.09. The number of rotatable bonds is 0. The van der Waals surface area contributed by atoms with Crippen molar-refractivity contribution in [2.45, 2.75) is 12.8 Å². The molecule has 0 aromatic rings. The van der Waals surface area contributed by atoms with Crippen LogP contribution in [0.1, 0.15) is 12.8 Å². The Kier molecular flexibility index (Phi) is 1.39. The van der Waals surface area contributed by atoms with E-state index < -0.39 is 0 Å². The van der Waals surface area contributed by atoms with Crippen LogP contribution in [0.2, 0.25) is 0 Å². The zero-order chi connectivity index (χ0) is 6.97. The summed E-state index contributed by atoms with van der Waals surface area (Å²) < 4.78 is 0. The van der Waals surface area contributed by atoms with Gasteiger partial charge in [0.2, 0.25) is 0 Å². The molecule has 0 bridgehead atoms. The minimum absolute atomic E-state index is 0.419. The minimum atomic E-state index is 0.419. The number of nitrogens with one attached hydrogen (secondary N) is 1. The molecule has 0 amide bonds. The molecular weight excluding hydrogens is 124 g/mol. The smallest absolute Gasteiger partial charge is 0.0661 e. The van der Waals surface area contributed by atoms with Crippen molar-refractivity contribution in [2.75, 3.05) is 13.1 Å². The van der Waals surface area contributed by atoms with Crippen LogP contribution in [-0.2, 0) is 0 Å². The van der Waals surface area contributed by atoms with E-state index in [-0.39, 0.29) is 0 Å². The standard InChI is InChI=1S/C8H12N2/c9-5-8-6-1-3-10-4-2-7(6)8/h6-8,10H,1-4H2. The predicted molar refractivity (Wildman–Crippen MR) is 38.2 cm³/mol.